The molecule has 1 amide bonds. The molecule has 78 valence electrons. The lowest BCUT2D eigenvalue weighted by Crippen LogP contribution is -2.32. The fourth-order valence-electron chi connectivity index (χ4n) is 1.07. The molecule has 0 aliphatic rings. The molecule has 0 aliphatic heterocycles. The number of hydrogen-bond acceptors (Lipinski definition) is 4. The van der Waals surface area contributed by atoms with E-state index in [1.54, 1.807) is 13.0 Å². The Morgan fingerprint density at radius 2 is 2.47 bits per heavy atom. The van der Waals surface area contributed by atoms with Crippen molar-refractivity contribution in [2.75, 3.05) is 5.43 Å². The Morgan fingerprint density at radius 3 is 3.00 bits per heavy atom. The van der Waals surface area contributed by atoms with Crippen molar-refractivity contribution < 1.29 is 9.21 Å². The number of aryl methyl sites for hydroxylation is 1. The molecule has 0 aromatic carbocycles. The molecule has 2 heterocycles. The highest BCUT2D eigenvalue weighted by Gasteiger charge is 2.11. The van der Waals surface area contributed by atoms with Crippen molar-refractivity contribution in [1.29, 1.82) is 0 Å². The second kappa shape index (κ2) is 3.45. The first-order valence-corrected chi connectivity index (χ1v) is 4.17. The summed E-state index contributed by atoms with van der Waals surface area (Å²) < 4.78 is 5.87. The molecule has 0 saturated carbocycles. The van der Waals surface area contributed by atoms with Crippen molar-refractivity contribution in [3.05, 3.63) is 40.5 Å². The lowest BCUT2D eigenvalue weighted by molar-refractivity contribution is 0.0980. The van der Waals surface area contributed by atoms with Gasteiger partial charge in [-0.1, -0.05) is 0 Å². The molecule has 2 N–H and O–H groups in total. The average molecular weight is 208 g/mol. The number of aromatic amines is 1. The van der Waals surface area contributed by atoms with Crippen LogP contribution in [0.2, 0.25) is 0 Å². The van der Waals surface area contributed by atoms with Crippen LogP contribution in [0.25, 0.3) is 0 Å². The minimum Gasteiger partial charge on any atom is -0.459 e. The predicted octanol–water partition coefficient (Wildman–Crippen LogP) is -0.143. The quantitative estimate of drug-likeness (QED) is 0.718. The Kier molecular flexibility index (Phi) is 2.13. The molecule has 15 heavy (non-hydrogen) atoms. The van der Waals surface area contributed by atoms with Gasteiger partial charge in [0, 0.05) is 0 Å². The van der Waals surface area contributed by atoms with E-state index in [4.69, 9.17) is 4.42 Å². The first-order valence-electron chi connectivity index (χ1n) is 4.17. The molecule has 0 spiro atoms. The van der Waals surface area contributed by atoms with Crippen LogP contribution in [0, 0.1) is 6.92 Å². The van der Waals surface area contributed by atoms with Crippen molar-refractivity contribution in [3.63, 3.8) is 0 Å². The zero-order valence-electron chi connectivity index (χ0n) is 7.85. The van der Waals surface area contributed by atoms with E-state index in [0.717, 1.165) is 4.68 Å². The Balaban J connectivity index is 2.24. The van der Waals surface area contributed by atoms with Gasteiger partial charge in [0.1, 0.15) is 0 Å². The maximum atomic E-state index is 11.5. The van der Waals surface area contributed by atoms with Crippen LogP contribution in [0.15, 0.2) is 27.6 Å². The van der Waals surface area contributed by atoms with Gasteiger partial charge in [0.15, 0.2) is 11.6 Å². The fraction of sp³-hybridized carbons (Fsp3) is 0.125. The SMILES string of the molecule is Cc1n[nH]c(=O)n1NC(=O)c1ccco1. The summed E-state index contributed by atoms with van der Waals surface area (Å²) in [5, 5.41) is 5.83. The van der Waals surface area contributed by atoms with Crippen LogP contribution >= 0.6 is 0 Å². The minimum absolute atomic E-state index is 0.127. The molecular weight excluding hydrogens is 200 g/mol. The number of aromatic nitrogens is 3. The lowest BCUT2D eigenvalue weighted by Gasteiger charge is -2.02. The summed E-state index contributed by atoms with van der Waals surface area (Å²) in [6.45, 7) is 1.58. The van der Waals surface area contributed by atoms with E-state index >= 15 is 0 Å². The van der Waals surface area contributed by atoms with Gasteiger partial charge in [-0.15, -0.1) is 0 Å². The van der Waals surface area contributed by atoms with E-state index in [0.29, 0.717) is 5.82 Å². The number of hydrogen-bond donors (Lipinski definition) is 2. The number of carbonyl (C=O) groups excluding carboxylic acids is 1. The van der Waals surface area contributed by atoms with Gasteiger partial charge in [-0.2, -0.15) is 9.77 Å². The number of nitrogens with one attached hydrogen (secondary N) is 2. The largest absolute Gasteiger partial charge is 0.459 e. The van der Waals surface area contributed by atoms with E-state index < -0.39 is 11.6 Å². The Bertz CT molecular complexity index is 522. The first kappa shape index (κ1) is 9.25. The van der Waals surface area contributed by atoms with Crippen LogP contribution in [0.1, 0.15) is 16.4 Å². The summed E-state index contributed by atoms with van der Waals surface area (Å²) in [6.07, 6.45) is 1.37. The van der Waals surface area contributed by atoms with Gasteiger partial charge in [0.2, 0.25) is 0 Å². The van der Waals surface area contributed by atoms with Gasteiger partial charge < -0.3 is 4.42 Å². The molecule has 0 unspecified atom stereocenters. The van der Waals surface area contributed by atoms with Crippen LogP contribution in [-0.2, 0) is 0 Å². The number of furan rings is 1. The highest BCUT2D eigenvalue weighted by atomic mass is 16.3. The summed E-state index contributed by atoms with van der Waals surface area (Å²) in [5.74, 6) is -0.0194. The zero-order chi connectivity index (χ0) is 10.8. The van der Waals surface area contributed by atoms with E-state index in [1.807, 2.05) is 0 Å². The first-order chi connectivity index (χ1) is 7.18. The highest BCUT2D eigenvalue weighted by molar-refractivity contribution is 5.97. The number of nitrogens with zero attached hydrogens (tertiary/aromatic N) is 2. The molecule has 7 nitrogen and oxygen atoms in total. The van der Waals surface area contributed by atoms with Crippen LogP contribution in [0.4, 0.5) is 0 Å². The average Bonchev–Trinajstić information content (AvgIpc) is 2.82. The van der Waals surface area contributed by atoms with Crippen LogP contribution in [-0.4, -0.2) is 20.8 Å². The van der Waals surface area contributed by atoms with Crippen LogP contribution < -0.4 is 11.1 Å². The molecule has 0 aliphatic carbocycles. The molecule has 7 heteroatoms. The number of H-pyrrole nitrogens is 1. The van der Waals surface area contributed by atoms with Gasteiger partial charge in [0.25, 0.3) is 0 Å². The molecule has 0 fully saturated rings. The van der Waals surface area contributed by atoms with E-state index in [9.17, 15) is 9.59 Å². The smallest absolute Gasteiger partial charge is 0.362 e. The van der Waals surface area contributed by atoms with Crippen molar-refractivity contribution >= 4 is 5.91 Å². The van der Waals surface area contributed by atoms with E-state index in [-0.39, 0.29) is 5.76 Å². The molecule has 2 aromatic rings. The van der Waals surface area contributed by atoms with Gasteiger partial charge in [-0.3, -0.25) is 10.2 Å². The molecule has 2 aromatic heterocycles. The summed E-state index contributed by atoms with van der Waals surface area (Å²) in [7, 11) is 0. The Morgan fingerprint density at radius 1 is 1.67 bits per heavy atom. The third-order valence-electron chi connectivity index (χ3n) is 1.80. The third kappa shape index (κ3) is 1.66. The molecule has 0 saturated heterocycles. The van der Waals surface area contributed by atoms with Gasteiger partial charge in [-0.05, 0) is 19.1 Å². The molecule has 0 radical (unpaired) electrons. The topological polar surface area (TPSA) is 92.9 Å². The normalized spacial score (nSPS) is 10.2. The van der Waals surface area contributed by atoms with Crippen LogP contribution in [0.5, 0.6) is 0 Å². The zero-order valence-corrected chi connectivity index (χ0v) is 7.85. The van der Waals surface area contributed by atoms with Crippen molar-refractivity contribution in [1.82, 2.24) is 14.9 Å². The second-order valence-corrected chi connectivity index (χ2v) is 2.83. The summed E-state index contributed by atoms with van der Waals surface area (Å²) in [5.41, 5.74) is 1.83. The van der Waals surface area contributed by atoms with Crippen molar-refractivity contribution in [2.24, 2.45) is 0 Å². The summed E-state index contributed by atoms with van der Waals surface area (Å²) in [6, 6.07) is 3.08. The number of amides is 1. The fourth-order valence-corrected chi connectivity index (χ4v) is 1.07. The molecule has 0 atom stereocenters. The van der Waals surface area contributed by atoms with Crippen molar-refractivity contribution in [2.45, 2.75) is 6.92 Å². The monoisotopic (exact) mass is 208 g/mol. The van der Waals surface area contributed by atoms with Gasteiger partial charge >= 0.3 is 11.6 Å². The van der Waals surface area contributed by atoms with Gasteiger partial charge in [-0.25, -0.2) is 9.89 Å². The van der Waals surface area contributed by atoms with Crippen molar-refractivity contribution in [3.8, 4) is 0 Å². The maximum absolute atomic E-state index is 11.5. The third-order valence-corrected chi connectivity index (χ3v) is 1.80. The molecular formula is C8H8N4O3. The van der Waals surface area contributed by atoms with Crippen LogP contribution in [0.3, 0.4) is 0 Å². The summed E-state index contributed by atoms with van der Waals surface area (Å²) >= 11 is 0. The standard InChI is InChI=1S/C8H8N4O3/c1-5-9-10-8(14)12(5)11-7(13)6-3-2-4-15-6/h2-4H,1H3,(H,10,14)(H,11,13). The van der Waals surface area contributed by atoms with E-state index in [1.165, 1.54) is 12.3 Å². The highest BCUT2D eigenvalue weighted by Crippen LogP contribution is 1.99. The Hall–Kier alpha value is -2.31. The number of rotatable bonds is 2. The predicted molar refractivity (Wildman–Crippen MR) is 50.0 cm³/mol. The minimum atomic E-state index is -0.508. The molecule has 2 rings (SSSR count). The molecule has 0 bridgehead atoms. The second-order valence-electron chi connectivity index (χ2n) is 2.83. The maximum Gasteiger partial charge on any atom is 0.362 e. The van der Waals surface area contributed by atoms with E-state index in [2.05, 4.69) is 15.6 Å². The summed E-state index contributed by atoms with van der Waals surface area (Å²) in [4.78, 5) is 22.6. The Labute approximate surface area is 83.7 Å². The van der Waals surface area contributed by atoms with Gasteiger partial charge in [0.05, 0.1) is 6.26 Å². The number of carbonyl (C=O) groups is 1. The lowest BCUT2D eigenvalue weighted by atomic mass is 10.4.